The molecule has 2 heterocycles. The fraction of sp³-hybridized carbons (Fsp3) is 0.714. The second kappa shape index (κ2) is 6.37. The van der Waals surface area contributed by atoms with Gasteiger partial charge in [0.2, 0.25) is 10.0 Å². The predicted molar refractivity (Wildman–Crippen MR) is 82.1 cm³/mol. The van der Waals surface area contributed by atoms with Crippen molar-refractivity contribution in [3.8, 4) is 0 Å². The molecule has 0 saturated carbocycles. The summed E-state index contributed by atoms with van der Waals surface area (Å²) in [4.78, 5) is 12.0. The molecule has 1 aromatic rings. The molecular weight excluding hydrogens is 306 g/mol. The first-order chi connectivity index (χ1) is 10.2. The number of carbonyl (C=O) groups excluding carboxylic acids is 1. The standard InChI is InChI=1S/C14H23N3O4S/c1-14(2,3)12-8-11(15-16-12)13(18)17-22(19,20)9-10-4-6-21-7-5-10/h8,10H,4-7,9H2,1-3H3,(H,15,16)(H,17,18). The van der Waals surface area contributed by atoms with Gasteiger partial charge in [0, 0.05) is 24.3 Å². The second-order valence-corrected chi connectivity index (χ2v) is 8.45. The van der Waals surface area contributed by atoms with Gasteiger partial charge in [0.05, 0.1) is 5.75 Å². The van der Waals surface area contributed by atoms with Crippen LogP contribution in [0.15, 0.2) is 6.07 Å². The van der Waals surface area contributed by atoms with Gasteiger partial charge in [-0.15, -0.1) is 0 Å². The summed E-state index contributed by atoms with van der Waals surface area (Å²) in [7, 11) is -3.66. The van der Waals surface area contributed by atoms with Crippen molar-refractivity contribution in [3.05, 3.63) is 17.5 Å². The zero-order valence-corrected chi connectivity index (χ0v) is 14.0. The number of rotatable bonds is 4. The molecule has 0 unspecified atom stereocenters. The van der Waals surface area contributed by atoms with Crippen LogP contribution >= 0.6 is 0 Å². The maximum atomic E-state index is 12.1. The summed E-state index contributed by atoms with van der Waals surface area (Å²) in [6.07, 6.45) is 1.40. The molecule has 2 rings (SSSR count). The van der Waals surface area contributed by atoms with Gasteiger partial charge in [-0.3, -0.25) is 9.89 Å². The smallest absolute Gasteiger partial charge is 0.285 e. The van der Waals surface area contributed by atoms with E-state index in [2.05, 4.69) is 14.9 Å². The molecule has 2 N–H and O–H groups in total. The summed E-state index contributed by atoms with van der Waals surface area (Å²) in [6, 6.07) is 1.58. The molecule has 1 amide bonds. The Labute approximate surface area is 130 Å². The molecular formula is C14H23N3O4S. The van der Waals surface area contributed by atoms with E-state index in [0.29, 0.717) is 26.1 Å². The number of ether oxygens (including phenoxy) is 1. The normalized spacial score (nSPS) is 17.4. The van der Waals surface area contributed by atoms with E-state index in [1.807, 2.05) is 20.8 Å². The maximum absolute atomic E-state index is 12.1. The maximum Gasteiger partial charge on any atom is 0.285 e. The topological polar surface area (TPSA) is 101 Å². The van der Waals surface area contributed by atoms with E-state index in [1.54, 1.807) is 6.07 Å². The van der Waals surface area contributed by atoms with Crippen LogP contribution in [0.3, 0.4) is 0 Å². The number of carbonyl (C=O) groups is 1. The average molecular weight is 329 g/mol. The van der Waals surface area contributed by atoms with Gasteiger partial charge in [-0.05, 0) is 24.8 Å². The third kappa shape index (κ3) is 4.54. The number of sulfonamides is 1. The van der Waals surface area contributed by atoms with Gasteiger partial charge in [0.1, 0.15) is 0 Å². The summed E-state index contributed by atoms with van der Waals surface area (Å²) < 4.78 is 31.4. The van der Waals surface area contributed by atoms with Gasteiger partial charge in [-0.1, -0.05) is 20.8 Å². The molecule has 0 aromatic carbocycles. The first kappa shape index (κ1) is 17.0. The van der Waals surface area contributed by atoms with Crippen LogP contribution in [-0.4, -0.2) is 43.5 Å². The van der Waals surface area contributed by atoms with Crippen molar-refractivity contribution >= 4 is 15.9 Å². The Morgan fingerprint density at radius 1 is 1.41 bits per heavy atom. The van der Waals surface area contributed by atoms with Crippen molar-refractivity contribution < 1.29 is 17.9 Å². The molecule has 0 spiro atoms. The number of aromatic amines is 1. The van der Waals surface area contributed by atoms with Gasteiger partial charge in [-0.2, -0.15) is 5.10 Å². The van der Waals surface area contributed by atoms with Crippen LogP contribution < -0.4 is 4.72 Å². The predicted octanol–water partition coefficient (Wildman–Crippen LogP) is 1.19. The Kier molecular flexibility index (Phi) is 4.91. The zero-order chi connectivity index (χ0) is 16.4. The fourth-order valence-corrected chi connectivity index (χ4v) is 3.71. The minimum Gasteiger partial charge on any atom is -0.381 e. The number of hydrogen-bond donors (Lipinski definition) is 2. The monoisotopic (exact) mass is 329 g/mol. The molecule has 1 aliphatic rings. The third-order valence-corrected chi connectivity index (χ3v) is 5.07. The molecule has 7 nitrogen and oxygen atoms in total. The lowest BCUT2D eigenvalue weighted by molar-refractivity contribution is 0.0722. The van der Waals surface area contributed by atoms with E-state index >= 15 is 0 Å². The van der Waals surface area contributed by atoms with E-state index in [9.17, 15) is 13.2 Å². The van der Waals surface area contributed by atoms with E-state index in [1.165, 1.54) is 0 Å². The van der Waals surface area contributed by atoms with Crippen LogP contribution in [0.25, 0.3) is 0 Å². The second-order valence-electron chi connectivity index (χ2n) is 6.69. The molecule has 1 saturated heterocycles. The quantitative estimate of drug-likeness (QED) is 0.864. The van der Waals surface area contributed by atoms with Crippen LogP contribution in [0.5, 0.6) is 0 Å². The number of H-pyrrole nitrogens is 1. The van der Waals surface area contributed by atoms with Gasteiger partial charge in [-0.25, -0.2) is 13.1 Å². The number of amides is 1. The van der Waals surface area contributed by atoms with E-state index in [0.717, 1.165) is 5.69 Å². The van der Waals surface area contributed by atoms with Crippen LogP contribution in [0.2, 0.25) is 0 Å². The first-order valence-corrected chi connectivity index (χ1v) is 9.01. The lowest BCUT2D eigenvalue weighted by atomic mass is 9.92. The molecule has 0 radical (unpaired) electrons. The van der Waals surface area contributed by atoms with Gasteiger partial charge in [0.25, 0.3) is 5.91 Å². The summed E-state index contributed by atoms with van der Waals surface area (Å²) in [5, 5.41) is 6.66. The highest BCUT2D eigenvalue weighted by atomic mass is 32.2. The van der Waals surface area contributed by atoms with Gasteiger partial charge >= 0.3 is 0 Å². The molecule has 124 valence electrons. The van der Waals surface area contributed by atoms with Crippen molar-refractivity contribution in [2.75, 3.05) is 19.0 Å². The van der Waals surface area contributed by atoms with Crippen molar-refractivity contribution in [2.24, 2.45) is 5.92 Å². The van der Waals surface area contributed by atoms with E-state index in [4.69, 9.17) is 4.74 Å². The van der Waals surface area contributed by atoms with Crippen LogP contribution in [-0.2, 0) is 20.2 Å². The van der Waals surface area contributed by atoms with Gasteiger partial charge < -0.3 is 4.74 Å². The number of aromatic nitrogens is 2. The molecule has 0 bridgehead atoms. The van der Waals surface area contributed by atoms with E-state index in [-0.39, 0.29) is 22.8 Å². The first-order valence-electron chi connectivity index (χ1n) is 7.36. The minimum atomic E-state index is -3.66. The van der Waals surface area contributed by atoms with Crippen LogP contribution in [0.4, 0.5) is 0 Å². The minimum absolute atomic E-state index is 0.0309. The summed E-state index contributed by atoms with van der Waals surface area (Å²) in [6.45, 7) is 7.07. The van der Waals surface area contributed by atoms with Crippen molar-refractivity contribution in [3.63, 3.8) is 0 Å². The summed E-state index contributed by atoms with van der Waals surface area (Å²) in [5.41, 5.74) is 0.673. The molecule has 1 aromatic heterocycles. The molecule has 22 heavy (non-hydrogen) atoms. The van der Waals surface area contributed by atoms with Crippen LogP contribution in [0, 0.1) is 5.92 Å². The highest BCUT2D eigenvalue weighted by Gasteiger charge is 2.25. The van der Waals surface area contributed by atoms with Crippen molar-refractivity contribution in [2.45, 2.75) is 39.0 Å². The lowest BCUT2D eigenvalue weighted by Gasteiger charge is -2.21. The lowest BCUT2D eigenvalue weighted by Crippen LogP contribution is -2.36. The molecule has 0 aliphatic carbocycles. The Morgan fingerprint density at radius 2 is 2.05 bits per heavy atom. The highest BCUT2D eigenvalue weighted by molar-refractivity contribution is 7.90. The van der Waals surface area contributed by atoms with Crippen LogP contribution in [0.1, 0.15) is 49.8 Å². The Morgan fingerprint density at radius 3 is 2.59 bits per heavy atom. The number of nitrogens with zero attached hydrogens (tertiary/aromatic N) is 1. The average Bonchev–Trinajstić information content (AvgIpc) is 2.88. The Hall–Kier alpha value is -1.41. The summed E-state index contributed by atoms with van der Waals surface area (Å²) >= 11 is 0. The van der Waals surface area contributed by atoms with Crippen molar-refractivity contribution in [1.82, 2.24) is 14.9 Å². The van der Waals surface area contributed by atoms with Crippen molar-refractivity contribution in [1.29, 1.82) is 0 Å². The molecule has 1 fully saturated rings. The number of hydrogen-bond acceptors (Lipinski definition) is 5. The highest BCUT2D eigenvalue weighted by Crippen LogP contribution is 2.20. The number of nitrogens with one attached hydrogen (secondary N) is 2. The SMILES string of the molecule is CC(C)(C)c1cc(C(=O)NS(=O)(=O)CC2CCOCC2)n[nH]1. The molecule has 8 heteroatoms. The largest absolute Gasteiger partial charge is 0.381 e. The molecule has 0 atom stereocenters. The fourth-order valence-electron chi connectivity index (χ4n) is 2.28. The zero-order valence-electron chi connectivity index (χ0n) is 13.2. The Bertz CT molecular complexity index is 625. The molecule has 1 aliphatic heterocycles. The Balaban J connectivity index is 1.99. The summed E-state index contributed by atoms with van der Waals surface area (Å²) in [5.74, 6) is -0.722. The van der Waals surface area contributed by atoms with E-state index < -0.39 is 15.9 Å². The van der Waals surface area contributed by atoms with Gasteiger partial charge in [0.15, 0.2) is 5.69 Å². The third-order valence-electron chi connectivity index (χ3n) is 3.66.